The minimum atomic E-state index is -0.699. The summed E-state index contributed by atoms with van der Waals surface area (Å²) in [6.07, 6.45) is 3.94. The van der Waals surface area contributed by atoms with E-state index in [1.54, 1.807) is 14.2 Å². The molecule has 3 atom stereocenters. The van der Waals surface area contributed by atoms with Crippen LogP contribution in [-0.2, 0) is 13.0 Å². The predicted molar refractivity (Wildman–Crippen MR) is 131 cm³/mol. The zero-order chi connectivity index (χ0) is 24.3. The van der Waals surface area contributed by atoms with Gasteiger partial charge in [-0.2, -0.15) is 5.26 Å². The van der Waals surface area contributed by atoms with Crippen LogP contribution in [0.1, 0.15) is 50.7 Å². The van der Waals surface area contributed by atoms with Crippen LogP contribution >= 0.6 is 0 Å². The summed E-state index contributed by atoms with van der Waals surface area (Å²) >= 11 is 0. The van der Waals surface area contributed by atoms with Gasteiger partial charge in [-0.1, -0.05) is 32.4 Å². The van der Waals surface area contributed by atoms with Gasteiger partial charge in [0.15, 0.2) is 23.0 Å². The SMILES string of the molecule is CCC(C)C(C#N)(CCCC1Cc2cc(OC)c(OC)cc2CN1C)C1Oc2ccccc2O1. The van der Waals surface area contributed by atoms with E-state index in [0.717, 1.165) is 61.6 Å². The number of benzene rings is 2. The van der Waals surface area contributed by atoms with Crippen LogP contribution in [0.4, 0.5) is 0 Å². The topological polar surface area (TPSA) is 64.0 Å². The van der Waals surface area contributed by atoms with E-state index >= 15 is 0 Å². The fourth-order valence-corrected chi connectivity index (χ4v) is 5.35. The van der Waals surface area contributed by atoms with Gasteiger partial charge in [-0.05, 0) is 74.0 Å². The van der Waals surface area contributed by atoms with Gasteiger partial charge in [0, 0.05) is 12.6 Å². The molecule has 2 aromatic carbocycles. The van der Waals surface area contributed by atoms with E-state index < -0.39 is 11.7 Å². The molecule has 182 valence electrons. The maximum absolute atomic E-state index is 10.4. The van der Waals surface area contributed by atoms with Gasteiger partial charge in [0.2, 0.25) is 0 Å². The highest BCUT2D eigenvalue weighted by Gasteiger charge is 2.49. The van der Waals surface area contributed by atoms with Crippen LogP contribution < -0.4 is 18.9 Å². The third kappa shape index (κ3) is 4.42. The van der Waals surface area contributed by atoms with E-state index in [0.29, 0.717) is 6.04 Å². The molecule has 0 amide bonds. The fourth-order valence-electron chi connectivity index (χ4n) is 5.35. The molecule has 0 radical (unpaired) electrons. The standard InChI is InChI=1S/C28H36N2O4/c1-6-19(2)28(18-29,27-33-23-11-7-8-12-24(23)34-27)13-9-10-22-14-20-15-25(31-4)26(32-5)16-21(20)17-30(22)3/h7-8,11-12,15-16,19,22,27H,6,9-10,13-14,17H2,1-5H3. The zero-order valence-corrected chi connectivity index (χ0v) is 21.0. The van der Waals surface area contributed by atoms with Crippen molar-refractivity contribution in [2.24, 2.45) is 11.3 Å². The smallest absolute Gasteiger partial charge is 0.260 e. The first kappa shape index (κ1) is 24.2. The van der Waals surface area contributed by atoms with Crippen LogP contribution in [0.5, 0.6) is 23.0 Å². The number of para-hydroxylation sites is 2. The van der Waals surface area contributed by atoms with Crippen LogP contribution in [0.25, 0.3) is 0 Å². The Morgan fingerprint density at radius 3 is 2.29 bits per heavy atom. The predicted octanol–water partition coefficient (Wildman–Crippen LogP) is 5.58. The summed E-state index contributed by atoms with van der Waals surface area (Å²) in [6, 6.07) is 14.9. The molecule has 2 aliphatic heterocycles. The first-order chi connectivity index (χ1) is 16.4. The van der Waals surface area contributed by atoms with Gasteiger partial charge in [0.05, 0.1) is 20.3 Å². The Kier molecular flexibility index (Phi) is 7.23. The van der Waals surface area contributed by atoms with Crippen molar-refractivity contribution in [3.05, 3.63) is 47.5 Å². The highest BCUT2D eigenvalue weighted by molar-refractivity contribution is 5.48. The van der Waals surface area contributed by atoms with Crippen molar-refractivity contribution in [1.29, 1.82) is 5.26 Å². The van der Waals surface area contributed by atoms with Gasteiger partial charge in [-0.3, -0.25) is 4.90 Å². The largest absolute Gasteiger partial charge is 0.493 e. The molecule has 0 saturated carbocycles. The van der Waals surface area contributed by atoms with Gasteiger partial charge in [-0.25, -0.2) is 0 Å². The van der Waals surface area contributed by atoms with E-state index in [1.807, 2.05) is 24.3 Å². The van der Waals surface area contributed by atoms with Crippen molar-refractivity contribution in [3.8, 4) is 29.1 Å². The third-order valence-electron chi connectivity index (χ3n) is 7.77. The Bertz CT molecular complexity index is 1020. The third-order valence-corrected chi connectivity index (χ3v) is 7.77. The minimum Gasteiger partial charge on any atom is -0.493 e. The Balaban J connectivity index is 1.46. The molecular formula is C28H36N2O4. The molecular weight excluding hydrogens is 428 g/mol. The summed E-state index contributed by atoms with van der Waals surface area (Å²) in [6.45, 7) is 5.15. The average molecular weight is 465 g/mol. The molecule has 34 heavy (non-hydrogen) atoms. The average Bonchev–Trinajstić information content (AvgIpc) is 3.30. The molecule has 0 aromatic heterocycles. The van der Waals surface area contributed by atoms with Gasteiger partial charge in [-0.15, -0.1) is 0 Å². The second kappa shape index (κ2) is 10.1. The highest BCUT2D eigenvalue weighted by atomic mass is 16.7. The molecule has 0 N–H and O–H groups in total. The molecule has 0 saturated heterocycles. The minimum absolute atomic E-state index is 0.151. The molecule has 6 nitrogen and oxygen atoms in total. The molecule has 0 bridgehead atoms. The van der Waals surface area contributed by atoms with Crippen molar-refractivity contribution in [3.63, 3.8) is 0 Å². The molecule has 0 fully saturated rings. The lowest BCUT2D eigenvalue weighted by Gasteiger charge is -2.38. The molecule has 0 spiro atoms. The molecule has 4 rings (SSSR count). The molecule has 0 aliphatic carbocycles. The van der Waals surface area contributed by atoms with Crippen LogP contribution in [0, 0.1) is 22.7 Å². The lowest BCUT2D eigenvalue weighted by atomic mass is 9.71. The zero-order valence-electron chi connectivity index (χ0n) is 21.0. The van der Waals surface area contributed by atoms with Crippen molar-refractivity contribution >= 4 is 0 Å². The van der Waals surface area contributed by atoms with Crippen LogP contribution in [0.2, 0.25) is 0 Å². The van der Waals surface area contributed by atoms with Crippen LogP contribution in [-0.4, -0.2) is 38.5 Å². The number of methoxy groups -OCH3 is 2. The van der Waals surface area contributed by atoms with Gasteiger partial charge >= 0.3 is 0 Å². The molecule has 2 aromatic rings. The maximum atomic E-state index is 10.4. The van der Waals surface area contributed by atoms with Gasteiger partial charge in [0.25, 0.3) is 6.29 Å². The Hall–Kier alpha value is -2.91. The van der Waals surface area contributed by atoms with Crippen molar-refractivity contribution in [2.45, 2.75) is 64.8 Å². The van der Waals surface area contributed by atoms with Gasteiger partial charge in [0.1, 0.15) is 5.41 Å². The highest BCUT2D eigenvalue weighted by Crippen LogP contribution is 2.47. The number of likely N-dealkylation sites (N-methyl/N-ethyl adjacent to an activating group) is 1. The van der Waals surface area contributed by atoms with E-state index in [-0.39, 0.29) is 5.92 Å². The molecule has 2 heterocycles. The first-order valence-corrected chi connectivity index (χ1v) is 12.2. The number of nitrogens with zero attached hydrogens (tertiary/aromatic N) is 2. The fraction of sp³-hybridized carbons (Fsp3) is 0.536. The van der Waals surface area contributed by atoms with Crippen LogP contribution in [0.15, 0.2) is 36.4 Å². The molecule has 6 heteroatoms. The molecule has 2 aliphatic rings. The van der Waals surface area contributed by atoms with E-state index in [9.17, 15) is 5.26 Å². The first-order valence-electron chi connectivity index (χ1n) is 12.2. The summed E-state index contributed by atoms with van der Waals surface area (Å²) in [5.41, 5.74) is 1.90. The van der Waals surface area contributed by atoms with Crippen molar-refractivity contribution in [1.82, 2.24) is 4.90 Å². The monoisotopic (exact) mass is 464 g/mol. The normalized spacial score (nSPS) is 20.2. The second-order valence-electron chi connectivity index (χ2n) is 9.62. The summed E-state index contributed by atoms with van der Waals surface area (Å²) in [4.78, 5) is 2.41. The maximum Gasteiger partial charge on any atom is 0.260 e. The van der Waals surface area contributed by atoms with Crippen molar-refractivity contribution < 1.29 is 18.9 Å². The summed E-state index contributed by atoms with van der Waals surface area (Å²) in [7, 11) is 5.53. The quantitative estimate of drug-likeness (QED) is 0.482. The Morgan fingerprint density at radius 2 is 1.74 bits per heavy atom. The van der Waals surface area contributed by atoms with Crippen molar-refractivity contribution in [2.75, 3.05) is 21.3 Å². The van der Waals surface area contributed by atoms with E-state index in [1.165, 1.54) is 11.1 Å². The van der Waals surface area contributed by atoms with Crippen LogP contribution in [0.3, 0.4) is 0 Å². The number of hydrogen-bond donors (Lipinski definition) is 0. The summed E-state index contributed by atoms with van der Waals surface area (Å²) in [5.74, 6) is 3.16. The number of ether oxygens (including phenoxy) is 4. The molecule has 3 unspecified atom stereocenters. The second-order valence-corrected chi connectivity index (χ2v) is 9.62. The lowest BCUT2D eigenvalue weighted by Crippen LogP contribution is -2.45. The number of rotatable bonds is 9. The van der Waals surface area contributed by atoms with Gasteiger partial charge < -0.3 is 18.9 Å². The van der Waals surface area contributed by atoms with E-state index in [2.05, 4.69) is 44.0 Å². The lowest BCUT2D eigenvalue weighted by molar-refractivity contribution is -0.0698. The number of fused-ring (bicyclic) bond motifs is 2. The Morgan fingerprint density at radius 1 is 1.12 bits per heavy atom. The van der Waals surface area contributed by atoms with E-state index in [4.69, 9.17) is 18.9 Å². The summed E-state index contributed by atoms with van der Waals surface area (Å²) in [5, 5.41) is 10.4. The Labute approximate surface area is 203 Å². The summed E-state index contributed by atoms with van der Waals surface area (Å²) < 4.78 is 23.3. The number of hydrogen-bond acceptors (Lipinski definition) is 6. The number of nitriles is 1.